The number of rotatable bonds is 8. The fourth-order valence-corrected chi connectivity index (χ4v) is 5.03. The monoisotopic (exact) mass is 610 g/mol. The summed E-state index contributed by atoms with van der Waals surface area (Å²) in [6.07, 6.45) is -1.85. The minimum absolute atomic E-state index is 0.00854. The van der Waals surface area contributed by atoms with Gasteiger partial charge in [-0.2, -0.15) is 5.10 Å². The highest BCUT2D eigenvalue weighted by Gasteiger charge is 2.50. The van der Waals surface area contributed by atoms with Crippen molar-refractivity contribution in [2.45, 2.75) is 37.4 Å². The third-order valence-corrected chi connectivity index (χ3v) is 7.05. The quantitative estimate of drug-likeness (QED) is 0.225. The lowest BCUT2D eigenvalue weighted by Crippen LogP contribution is -2.54. The first-order valence-electron chi connectivity index (χ1n) is 12.3. The van der Waals surface area contributed by atoms with Crippen LogP contribution in [0.3, 0.4) is 0 Å². The van der Waals surface area contributed by atoms with E-state index in [0.717, 1.165) is 12.1 Å². The fraction of sp³-hybridized carbons (Fsp3) is 0.308. The summed E-state index contributed by atoms with van der Waals surface area (Å²) in [5, 5.41) is 34.5. The van der Waals surface area contributed by atoms with Crippen molar-refractivity contribution < 1.29 is 32.9 Å². The van der Waals surface area contributed by atoms with Crippen LogP contribution in [0.2, 0.25) is 10.0 Å². The van der Waals surface area contributed by atoms with Gasteiger partial charge < -0.3 is 19.7 Å². The molecular formula is C26H23Cl2F3N6O4. The molecule has 0 spiro atoms. The SMILES string of the molecule is C=CCO[C@@H]1[C@@H](n2cc(-c3cc(F)c(F)c(F)c3)nn2)[C@@H](O)[C@@H](CO)O[C@H]1c1nc(C)nn1-c1cc(Cl)ccc1Cl. The van der Waals surface area contributed by atoms with Gasteiger partial charge in [-0.1, -0.05) is 34.5 Å². The van der Waals surface area contributed by atoms with Crippen molar-refractivity contribution in [1.82, 2.24) is 29.8 Å². The van der Waals surface area contributed by atoms with E-state index in [2.05, 4.69) is 27.0 Å². The third-order valence-electron chi connectivity index (χ3n) is 6.50. The molecule has 0 amide bonds. The van der Waals surface area contributed by atoms with Crippen LogP contribution in [0.25, 0.3) is 16.9 Å². The highest BCUT2D eigenvalue weighted by atomic mass is 35.5. The zero-order chi connectivity index (χ0) is 29.4. The molecule has 2 aromatic carbocycles. The number of halogens is 5. The first-order valence-corrected chi connectivity index (χ1v) is 13.0. The standard InChI is InChI=1S/C26H23Cl2F3N6O4/c1-3-6-40-24-22(36-10-18(33-35-36)13-7-16(29)21(31)17(30)8-13)23(39)20(11-38)41-25(24)26-32-12(2)34-37(26)19-9-14(27)4-5-15(19)28/h3-5,7-10,20,22-25,38-39H,1,6,11H2,2H3/t20-,22+,23+,24-,25-/m1/s1. The molecule has 1 fully saturated rings. The van der Waals surface area contributed by atoms with Gasteiger partial charge in [0.05, 0.1) is 30.1 Å². The topological polar surface area (TPSA) is 120 Å². The normalized spacial score (nSPS) is 22.7. The molecule has 1 aliphatic heterocycles. The molecule has 41 heavy (non-hydrogen) atoms. The second-order valence-electron chi connectivity index (χ2n) is 9.21. The molecule has 3 heterocycles. The Morgan fingerprint density at radius 1 is 1.17 bits per heavy atom. The smallest absolute Gasteiger partial charge is 0.194 e. The highest BCUT2D eigenvalue weighted by Crippen LogP contribution is 2.41. The van der Waals surface area contributed by atoms with Crippen molar-refractivity contribution >= 4 is 23.2 Å². The summed E-state index contributed by atoms with van der Waals surface area (Å²) in [6, 6.07) is 5.27. The maximum absolute atomic E-state index is 13.9. The molecule has 0 bridgehead atoms. The highest BCUT2D eigenvalue weighted by molar-refractivity contribution is 6.34. The molecule has 5 atom stereocenters. The second kappa shape index (κ2) is 11.9. The predicted octanol–water partition coefficient (Wildman–Crippen LogP) is 4.16. The number of ether oxygens (including phenoxy) is 2. The molecule has 10 nitrogen and oxygen atoms in total. The van der Waals surface area contributed by atoms with Crippen molar-refractivity contribution in [1.29, 1.82) is 0 Å². The molecular weight excluding hydrogens is 588 g/mol. The number of nitrogens with zero attached hydrogens (tertiary/aromatic N) is 6. The van der Waals surface area contributed by atoms with E-state index in [1.165, 1.54) is 21.6 Å². The maximum atomic E-state index is 13.9. The van der Waals surface area contributed by atoms with Crippen LogP contribution in [0.1, 0.15) is 23.8 Å². The summed E-state index contributed by atoms with van der Waals surface area (Å²) in [7, 11) is 0. The van der Waals surface area contributed by atoms with E-state index in [-0.39, 0.29) is 23.7 Å². The Hall–Kier alpha value is -3.33. The minimum atomic E-state index is -1.62. The van der Waals surface area contributed by atoms with E-state index >= 15 is 0 Å². The summed E-state index contributed by atoms with van der Waals surface area (Å²) in [5.41, 5.74) is 0.303. The van der Waals surface area contributed by atoms with Crippen molar-refractivity contribution in [2.75, 3.05) is 13.2 Å². The Morgan fingerprint density at radius 2 is 1.90 bits per heavy atom. The summed E-state index contributed by atoms with van der Waals surface area (Å²) in [4.78, 5) is 4.53. The van der Waals surface area contributed by atoms with E-state index < -0.39 is 54.5 Å². The molecule has 0 aliphatic carbocycles. The zero-order valence-corrected chi connectivity index (χ0v) is 22.8. The van der Waals surface area contributed by atoms with Gasteiger partial charge in [0, 0.05) is 10.6 Å². The van der Waals surface area contributed by atoms with Crippen molar-refractivity contribution in [3.63, 3.8) is 0 Å². The Bertz CT molecular complexity index is 1560. The van der Waals surface area contributed by atoms with Gasteiger partial charge in [0.15, 0.2) is 23.3 Å². The van der Waals surface area contributed by atoms with Gasteiger partial charge in [-0.3, -0.25) is 0 Å². The molecule has 2 N–H and O–H groups in total. The zero-order valence-electron chi connectivity index (χ0n) is 21.3. The first kappa shape index (κ1) is 29.2. The number of hydrogen-bond acceptors (Lipinski definition) is 8. The van der Waals surface area contributed by atoms with Gasteiger partial charge in [-0.15, -0.1) is 11.7 Å². The maximum Gasteiger partial charge on any atom is 0.194 e. The van der Waals surface area contributed by atoms with Crippen LogP contribution in [0.15, 0.2) is 49.2 Å². The van der Waals surface area contributed by atoms with Crippen LogP contribution < -0.4 is 0 Å². The largest absolute Gasteiger partial charge is 0.394 e. The van der Waals surface area contributed by atoms with Crippen LogP contribution in [0.5, 0.6) is 0 Å². The van der Waals surface area contributed by atoms with Gasteiger partial charge in [0.25, 0.3) is 0 Å². The Kier molecular flexibility index (Phi) is 8.45. The minimum Gasteiger partial charge on any atom is -0.394 e. The Labute approximate surface area is 241 Å². The summed E-state index contributed by atoms with van der Waals surface area (Å²) in [6.45, 7) is 4.75. The lowest BCUT2D eigenvalue weighted by molar-refractivity contribution is -0.221. The van der Waals surface area contributed by atoms with E-state index in [4.69, 9.17) is 32.7 Å². The van der Waals surface area contributed by atoms with E-state index in [9.17, 15) is 23.4 Å². The number of aryl methyl sites for hydroxylation is 1. The second-order valence-corrected chi connectivity index (χ2v) is 10.1. The van der Waals surface area contributed by atoms with Crippen LogP contribution in [0, 0.1) is 24.4 Å². The summed E-state index contributed by atoms with van der Waals surface area (Å²) in [5.74, 6) is -3.84. The Balaban J connectivity index is 1.61. The number of hydrogen-bond donors (Lipinski definition) is 2. The van der Waals surface area contributed by atoms with Gasteiger partial charge in [0.2, 0.25) is 0 Å². The average Bonchev–Trinajstić information content (AvgIpc) is 3.58. The van der Waals surface area contributed by atoms with Crippen LogP contribution in [-0.2, 0) is 9.47 Å². The van der Waals surface area contributed by atoms with Gasteiger partial charge in [-0.05, 0) is 37.3 Å². The van der Waals surface area contributed by atoms with E-state index in [1.54, 1.807) is 25.1 Å². The van der Waals surface area contributed by atoms with Crippen LogP contribution in [0.4, 0.5) is 13.2 Å². The van der Waals surface area contributed by atoms with Gasteiger partial charge >= 0.3 is 0 Å². The number of aliphatic hydroxyl groups excluding tert-OH is 2. The van der Waals surface area contributed by atoms with Crippen LogP contribution in [-0.4, -0.2) is 71.5 Å². The van der Waals surface area contributed by atoms with Gasteiger partial charge in [-0.25, -0.2) is 27.5 Å². The molecule has 0 saturated carbocycles. The molecule has 2 aromatic heterocycles. The number of aromatic nitrogens is 6. The first-order chi connectivity index (χ1) is 19.6. The summed E-state index contributed by atoms with van der Waals surface area (Å²) >= 11 is 12.7. The Morgan fingerprint density at radius 3 is 2.59 bits per heavy atom. The third kappa shape index (κ3) is 5.61. The summed E-state index contributed by atoms with van der Waals surface area (Å²) < 4.78 is 56.2. The molecule has 4 aromatic rings. The molecule has 0 unspecified atom stereocenters. The van der Waals surface area contributed by atoms with Crippen molar-refractivity contribution in [3.05, 3.63) is 88.3 Å². The van der Waals surface area contributed by atoms with E-state index in [1.807, 2.05) is 0 Å². The average molecular weight is 611 g/mol. The molecule has 15 heteroatoms. The van der Waals surface area contributed by atoms with Gasteiger partial charge in [0.1, 0.15) is 42.0 Å². The van der Waals surface area contributed by atoms with Crippen molar-refractivity contribution in [3.8, 4) is 16.9 Å². The molecule has 1 aliphatic rings. The lowest BCUT2D eigenvalue weighted by atomic mass is 9.91. The van der Waals surface area contributed by atoms with Crippen LogP contribution >= 0.6 is 23.2 Å². The number of benzene rings is 2. The number of aliphatic hydroxyl groups is 2. The molecule has 0 radical (unpaired) electrons. The fourth-order valence-electron chi connectivity index (χ4n) is 4.67. The lowest BCUT2D eigenvalue weighted by Gasteiger charge is -2.43. The molecule has 1 saturated heterocycles. The molecule has 216 valence electrons. The van der Waals surface area contributed by atoms with Crippen molar-refractivity contribution in [2.24, 2.45) is 0 Å². The van der Waals surface area contributed by atoms with E-state index in [0.29, 0.717) is 21.6 Å². The predicted molar refractivity (Wildman–Crippen MR) is 141 cm³/mol. The molecule has 5 rings (SSSR count).